The average Bonchev–Trinajstić information content (AvgIpc) is 2.47. The van der Waals surface area contributed by atoms with E-state index in [2.05, 4.69) is 45.5 Å². The van der Waals surface area contributed by atoms with Gasteiger partial charge in [-0.2, -0.15) is 0 Å². The van der Waals surface area contributed by atoms with Crippen molar-refractivity contribution in [1.29, 1.82) is 0 Å². The number of hydrogen-bond donors (Lipinski definition) is 1. The van der Waals surface area contributed by atoms with Gasteiger partial charge in [0.25, 0.3) is 5.69 Å². The number of hydrogen-bond acceptors (Lipinski definition) is 3. The molecule has 0 saturated carbocycles. The van der Waals surface area contributed by atoms with Gasteiger partial charge in [0.2, 0.25) is 0 Å². The van der Waals surface area contributed by atoms with E-state index in [1.54, 1.807) is 12.1 Å². The molecule has 1 aliphatic carbocycles. The van der Waals surface area contributed by atoms with Crippen molar-refractivity contribution in [1.82, 2.24) is 0 Å². The molecule has 1 aliphatic rings. The number of aryl methyl sites for hydroxylation is 1. The van der Waals surface area contributed by atoms with Crippen LogP contribution < -0.4 is 5.32 Å². The van der Waals surface area contributed by atoms with E-state index in [9.17, 15) is 10.1 Å². The molecule has 0 aliphatic heterocycles. The van der Waals surface area contributed by atoms with Crippen molar-refractivity contribution in [3.63, 3.8) is 0 Å². The van der Waals surface area contributed by atoms with Crippen LogP contribution in [0.25, 0.3) is 0 Å². The molecule has 0 aromatic heterocycles. The normalized spacial score (nSPS) is 17.1. The molecule has 0 amide bonds. The molecule has 21 heavy (non-hydrogen) atoms. The minimum absolute atomic E-state index is 0.0922. The van der Waals surface area contributed by atoms with Gasteiger partial charge in [-0.1, -0.05) is 24.3 Å². The number of anilines is 1. The molecule has 1 atom stereocenters. The van der Waals surface area contributed by atoms with Crippen LogP contribution in [0.4, 0.5) is 11.4 Å². The second-order valence-corrected chi connectivity index (χ2v) is 6.13. The zero-order valence-electron chi connectivity index (χ0n) is 11.4. The topological polar surface area (TPSA) is 55.2 Å². The second kappa shape index (κ2) is 5.85. The van der Waals surface area contributed by atoms with Crippen molar-refractivity contribution in [3.05, 3.63) is 68.2 Å². The molecule has 2 aromatic rings. The molecule has 2 aromatic carbocycles. The summed E-state index contributed by atoms with van der Waals surface area (Å²) in [5, 5.41) is 14.3. The van der Waals surface area contributed by atoms with Crippen molar-refractivity contribution >= 4 is 27.3 Å². The number of nitro benzene ring substituents is 1. The van der Waals surface area contributed by atoms with E-state index >= 15 is 0 Å². The Labute approximate surface area is 131 Å². The molecule has 1 unspecified atom stereocenters. The molecule has 3 rings (SSSR count). The van der Waals surface area contributed by atoms with E-state index < -0.39 is 0 Å². The molecule has 0 fully saturated rings. The lowest BCUT2D eigenvalue weighted by Gasteiger charge is -2.26. The zero-order chi connectivity index (χ0) is 14.8. The second-order valence-electron chi connectivity index (χ2n) is 5.28. The molecular formula is C16H15BrN2O2. The number of fused-ring (bicyclic) bond motifs is 1. The Bertz CT molecular complexity index is 688. The lowest BCUT2D eigenvalue weighted by Crippen LogP contribution is -2.27. The minimum atomic E-state index is -0.384. The number of nitrogens with one attached hydrogen (secondary N) is 1. The summed E-state index contributed by atoms with van der Waals surface area (Å²) in [5.41, 5.74) is 3.83. The number of benzene rings is 2. The largest absolute Gasteiger partial charge is 0.382 e. The van der Waals surface area contributed by atoms with Crippen molar-refractivity contribution in [2.45, 2.75) is 25.3 Å². The third-order valence-corrected chi connectivity index (χ3v) is 4.50. The minimum Gasteiger partial charge on any atom is -0.382 e. The fraction of sp³-hybridized carbons (Fsp3) is 0.250. The van der Waals surface area contributed by atoms with E-state index in [0.29, 0.717) is 10.5 Å². The SMILES string of the molecule is O=[N+]([O-])c1ccc(NC2CCc3ccccc3C2)cc1Br. The summed E-state index contributed by atoms with van der Waals surface area (Å²) >= 11 is 3.26. The summed E-state index contributed by atoms with van der Waals surface area (Å²) in [6.07, 6.45) is 3.14. The van der Waals surface area contributed by atoms with Crippen LogP contribution in [0.3, 0.4) is 0 Å². The third kappa shape index (κ3) is 3.08. The van der Waals surface area contributed by atoms with Crippen LogP contribution in [0, 0.1) is 10.1 Å². The van der Waals surface area contributed by atoms with Gasteiger partial charge in [-0.05, 0) is 58.5 Å². The van der Waals surface area contributed by atoms with Gasteiger partial charge in [0.1, 0.15) is 0 Å². The molecule has 108 valence electrons. The van der Waals surface area contributed by atoms with Crippen LogP contribution in [0.15, 0.2) is 46.9 Å². The summed E-state index contributed by atoms with van der Waals surface area (Å²) in [7, 11) is 0. The Morgan fingerprint density at radius 2 is 1.95 bits per heavy atom. The first-order chi connectivity index (χ1) is 10.1. The van der Waals surface area contributed by atoms with E-state index in [-0.39, 0.29) is 10.6 Å². The van der Waals surface area contributed by atoms with Gasteiger partial charge in [0, 0.05) is 17.8 Å². The highest BCUT2D eigenvalue weighted by atomic mass is 79.9. The summed E-state index contributed by atoms with van der Waals surface area (Å²) in [6, 6.07) is 14.0. The Morgan fingerprint density at radius 1 is 1.19 bits per heavy atom. The first-order valence-electron chi connectivity index (χ1n) is 6.91. The fourth-order valence-corrected chi connectivity index (χ4v) is 3.32. The predicted octanol–water partition coefficient (Wildman–Crippen LogP) is 4.33. The average molecular weight is 347 g/mol. The standard InChI is InChI=1S/C16H15BrN2O2/c17-15-10-14(7-8-16(15)19(20)21)18-13-6-5-11-3-1-2-4-12(11)9-13/h1-4,7-8,10,13,18H,5-6,9H2. The number of nitro groups is 1. The van der Waals surface area contributed by atoms with Gasteiger partial charge in [-0.3, -0.25) is 10.1 Å². The molecule has 0 heterocycles. The van der Waals surface area contributed by atoms with E-state index in [1.807, 2.05) is 0 Å². The smallest absolute Gasteiger partial charge is 0.283 e. The van der Waals surface area contributed by atoms with Gasteiger partial charge < -0.3 is 5.32 Å². The molecule has 1 N–H and O–H groups in total. The lowest BCUT2D eigenvalue weighted by molar-refractivity contribution is -0.385. The highest BCUT2D eigenvalue weighted by Gasteiger charge is 2.19. The van der Waals surface area contributed by atoms with Crippen molar-refractivity contribution in [2.24, 2.45) is 0 Å². The van der Waals surface area contributed by atoms with E-state index in [4.69, 9.17) is 0 Å². The maximum Gasteiger partial charge on any atom is 0.283 e. The van der Waals surface area contributed by atoms with Crippen molar-refractivity contribution < 1.29 is 4.92 Å². The predicted molar refractivity (Wildman–Crippen MR) is 86.7 cm³/mol. The van der Waals surface area contributed by atoms with Crippen LogP contribution in [-0.4, -0.2) is 11.0 Å². The van der Waals surface area contributed by atoms with Crippen LogP contribution in [0.2, 0.25) is 0 Å². The Morgan fingerprint density at radius 3 is 2.67 bits per heavy atom. The Hall–Kier alpha value is -1.88. The molecule has 0 bridgehead atoms. The maximum atomic E-state index is 10.8. The maximum absolute atomic E-state index is 10.8. The van der Waals surface area contributed by atoms with Crippen molar-refractivity contribution in [2.75, 3.05) is 5.32 Å². The molecule has 0 spiro atoms. The van der Waals surface area contributed by atoms with E-state index in [0.717, 1.165) is 24.9 Å². The number of nitrogens with zero attached hydrogens (tertiary/aromatic N) is 1. The van der Waals surface area contributed by atoms with Gasteiger partial charge in [0.05, 0.1) is 9.40 Å². The molecule has 0 radical (unpaired) electrons. The molecular weight excluding hydrogens is 332 g/mol. The summed E-state index contributed by atoms with van der Waals surface area (Å²) in [4.78, 5) is 10.4. The third-order valence-electron chi connectivity index (χ3n) is 3.86. The highest BCUT2D eigenvalue weighted by Crippen LogP contribution is 2.29. The van der Waals surface area contributed by atoms with Crippen LogP contribution in [0.5, 0.6) is 0 Å². The van der Waals surface area contributed by atoms with Gasteiger partial charge in [-0.15, -0.1) is 0 Å². The quantitative estimate of drug-likeness (QED) is 0.664. The van der Waals surface area contributed by atoms with E-state index in [1.165, 1.54) is 17.2 Å². The first kappa shape index (κ1) is 14.1. The van der Waals surface area contributed by atoms with Crippen LogP contribution in [0.1, 0.15) is 17.5 Å². The van der Waals surface area contributed by atoms with Gasteiger partial charge >= 0.3 is 0 Å². The van der Waals surface area contributed by atoms with Crippen LogP contribution >= 0.6 is 15.9 Å². The molecule has 0 saturated heterocycles. The fourth-order valence-electron chi connectivity index (χ4n) is 2.80. The van der Waals surface area contributed by atoms with Crippen molar-refractivity contribution in [3.8, 4) is 0 Å². The zero-order valence-corrected chi connectivity index (χ0v) is 13.0. The number of halogens is 1. The number of rotatable bonds is 3. The van der Waals surface area contributed by atoms with Gasteiger partial charge in [0.15, 0.2) is 0 Å². The highest BCUT2D eigenvalue weighted by molar-refractivity contribution is 9.10. The van der Waals surface area contributed by atoms with Gasteiger partial charge in [-0.25, -0.2) is 0 Å². The molecule has 4 nitrogen and oxygen atoms in total. The Kier molecular flexibility index (Phi) is 3.92. The van der Waals surface area contributed by atoms with Crippen LogP contribution in [-0.2, 0) is 12.8 Å². The summed E-state index contributed by atoms with van der Waals surface area (Å²) < 4.78 is 0.508. The first-order valence-corrected chi connectivity index (χ1v) is 7.70. The lowest BCUT2D eigenvalue weighted by atomic mass is 9.88. The molecule has 5 heteroatoms. The monoisotopic (exact) mass is 346 g/mol. The summed E-state index contributed by atoms with van der Waals surface area (Å²) in [6.45, 7) is 0. The Balaban J connectivity index is 1.73. The summed E-state index contributed by atoms with van der Waals surface area (Å²) in [5.74, 6) is 0.